The van der Waals surface area contributed by atoms with Crippen molar-refractivity contribution in [3.8, 4) is 0 Å². The Labute approximate surface area is 116 Å². The van der Waals surface area contributed by atoms with Crippen LogP contribution in [0.4, 0.5) is 18.9 Å². The fourth-order valence-corrected chi connectivity index (χ4v) is 2.78. The molecule has 0 unspecified atom stereocenters. The van der Waals surface area contributed by atoms with Gasteiger partial charge in [-0.2, -0.15) is 4.39 Å². The van der Waals surface area contributed by atoms with Crippen molar-refractivity contribution < 1.29 is 22.8 Å². The number of nitro groups is 1. The second kappa shape index (κ2) is 4.34. The van der Waals surface area contributed by atoms with Gasteiger partial charge in [-0.15, -0.1) is 0 Å². The summed E-state index contributed by atoms with van der Waals surface area (Å²) in [6, 6.07) is 1.04. The average molecular weight is 301 g/mol. The molecule has 3 rings (SSSR count). The lowest BCUT2D eigenvalue weighted by molar-refractivity contribution is -0.387. The first-order chi connectivity index (χ1) is 9.90. The standard InChI is InChI=1S/C12H10F3N3O3/c13-4-12(5-3-8(5)21-11(16)17-12)9-6(14)1-2-7(10(9)15)18(19)20/h1-2,5,8H,3-4H2,(H2,16,17)/t5-,8+,12-/m1/s1. The van der Waals surface area contributed by atoms with Gasteiger partial charge in [-0.3, -0.25) is 10.1 Å². The van der Waals surface area contributed by atoms with E-state index < -0.39 is 52.0 Å². The fraction of sp³-hybridized carbons (Fsp3) is 0.417. The number of halogens is 3. The third-order valence-electron chi connectivity index (χ3n) is 3.83. The van der Waals surface area contributed by atoms with Gasteiger partial charge in [0.25, 0.3) is 6.02 Å². The van der Waals surface area contributed by atoms with Crippen LogP contribution in [0.1, 0.15) is 12.0 Å². The van der Waals surface area contributed by atoms with Crippen LogP contribution in [0, 0.1) is 27.7 Å². The predicted molar refractivity (Wildman–Crippen MR) is 65.3 cm³/mol. The molecule has 1 aliphatic carbocycles. The quantitative estimate of drug-likeness (QED) is 0.680. The number of ether oxygens (including phenoxy) is 1. The number of nitrogens with two attached hydrogens (primary N) is 1. The van der Waals surface area contributed by atoms with Crippen molar-refractivity contribution in [1.29, 1.82) is 0 Å². The molecule has 1 saturated carbocycles. The molecule has 0 saturated heterocycles. The molecular formula is C12H10F3N3O3. The largest absolute Gasteiger partial charge is 0.462 e. The Morgan fingerprint density at radius 2 is 2.24 bits per heavy atom. The van der Waals surface area contributed by atoms with Crippen molar-refractivity contribution in [3.63, 3.8) is 0 Å². The summed E-state index contributed by atoms with van der Waals surface area (Å²) in [7, 11) is 0. The highest BCUT2D eigenvalue weighted by Gasteiger charge is 2.61. The Balaban J connectivity index is 2.25. The number of fused-ring (bicyclic) bond motifs is 1. The second-order valence-electron chi connectivity index (χ2n) is 5.02. The topological polar surface area (TPSA) is 90.8 Å². The Bertz CT molecular complexity index is 667. The van der Waals surface area contributed by atoms with E-state index in [0.717, 1.165) is 6.07 Å². The van der Waals surface area contributed by atoms with Crippen LogP contribution >= 0.6 is 0 Å². The smallest absolute Gasteiger partial charge is 0.305 e. The zero-order valence-corrected chi connectivity index (χ0v) is 10.6. The third-order valence-corrected chi connectivity index (χ3v) is 3.83. The molecule has 21 heavy (non-hydrogen) atoms. The Morgan fingerprint density at radius 1 is 1.52 bits per heavy atom. The molecule has 2 aliphatic rings. The van der Waals surface area contributed by atoms with Crippen LogP contribution in [-0.2, 0) is 10.3 Å². The maximum Gasteiger partial charge on any atom is 0.305 e. The normalized spacial score (nSPS) is 30.1. The molecule has 1 aromatic rings. The molecule has 0 spiro atoms. The van der Waals surface area contributed by atoms with Gasteiger partial charge in [-0.1, -0.05) is 0 Å². The SMILES string of the molecule is NC1=N[C@@](CF)(c2c(F)ccc([N+](=O)[O-])c2F)[C@@H]2C[C@@H]2O1. The average Bonchev–Trinajstić information content (AvgIpc) is 3.17. The summed E-state index contributed by atoms with van der Waals surface area (Å²) in [6.45, 7) is -1.23. The second-order valence-corrected chi connectivity index (χ2v) is 5.02. The van der Waals surface area contributed by atoms with Gasteiger partial charge in [0, 0.05) is 12.0 Å². The number of alkyl halides is 1. The van der Waals surface area contributed by atoms with E-state index in [9.17, 15) is 23.3 Å². The lowest BCUT2D eigenvalue weighted by Crippen LogP contribution is -2.40. The molecule has 0 aromatic heterocycles. The maximum absolute atomic E-state index is 14.3. The molecule has 6 nitrogen and oxygen atoms in total. The zero-order valence-electron chi connectivity index (χ0n) is 10.6. The van der Waals surface area contributed by atoms with Crippen LogP contribution in [0.25, 0.3) is 0 Å². The van der Waals surface area contributed by atoms with Crippen molar-refractivity contribution in [1.82, 2.24) is 0 Å². The molecule has 0 radical (unpaired) electrons. The fourth-order valence-electron chi connectivity index (χ4n) is 2.78. The summed E-state index contributed by atoms with van der Waals surface area (Å²) in [5, 5.41) is 10.8. The zero-order chi connectivity index (χ0) is 15.4. The molecule has 1 aromatic carbocycles. The molecule has 2 N–H and O–H groups in total. The van der Waals surface area contributed by atoms with Crippen LogP contribution in [0.3, 0.4) is 0 Å². The number of amidine groups is 1. The molecule has 1 fully saturated rings. The van der Waals surface area contributed by atoms with E-state index in [1.807, 2.05) is 0 Å². The molecular weight excluding hydrogens is 291 g/mol. The highest BCUT2D eigenvalue weighted by atomic mass is 19.1. The molecule has 112 valence electrons. The van der Waals surface area contributed by atoms with Crippen LogP contribution in [-0.4, -0.2) is 23.7 Å². The van der Waals surface area contributed by atoms with E-state index in [1.54, 1.807) is 0 Å². The van der Waals surface area contributed by atoms with Gasteiger partial charge in [0.15, 0.2) is 0 Å². The van der Waals surface area contributed by atoms with Crippen LogP contribution in [0.2, 0.25) is 0 Å². The molecule has 0 bridgehead atoms. The Hall–Kier alpha value is -2.32. The summed E-state index contributed by atoms with van der Waals surface area (Å²) in [4.78, 5) is 13.5. The van der Waals surface area contributed by atoms with Crippen molar-refractivity contribution >= 4 is 11.7 Å². The minimum atomic E-state index is -1.91. The molecule has 1 aliphatic heterocycles. The minimum Gasteiger partial charge on any atom is -0.462 e. The van der Waals surface area contributed by atoms with E-state index in [1.165, 1.54) is 0 Å². The molecule has 3 atom stereocenters. The number of hydrogen-bond acceptors (Lipinski definition) is 5. The van der Waals surface area contributed by atoms with Crippen molar-refractivity contribution in [2.75, 3.05) is 6.67 Å². The number of benzene rings is 1. The highest BCUT2D eigenvalue weighted by molar-refractivity contribution is 5.74. The summed E-state index contributed by atoms with van der Waals surface area (Å²) in [5.74, 6) is -3.12. The van der Waals surface area contributed by atoms with Gasteiger partial charge >= 0.3 is 5.69 Å². The van der Waals surface area contributed by atoms with E-state index in [-0.39, 0.29) is 6.02 Å². The lowest BCUT2D eigenvalue weighted by Gasteiger charge is -2.31. The molecule has 9 heteroatoms. The van der Waals surface area contributed by atoms with E-state index in [4.69, 9.17) is 10.5 Å². The molecule has 0 amide bonds. The van der Waals surface area contributed by atoms with E-state index >= 15 is 0 Å². The van der Waals surface area contributed by atoms with Gasteiger partial charge in [0.05, 0.1) is 10.5 Å². The van der Waals surface area contributed by atoms with Crippen molar-refractivity contribution in [3.05, 3.63) is 39.4 Å². The Morgan fingerprint density at radius 3 is 2.86 bits per heavy atom. The number of hydrogen-bond donors (Lipinski definition) is 1. The number of nitrogens with zero attached hydrogens (tertiary/aromatic N) is 2. The van der Waals surface area contributed by atoms with Crippen LogP contribution < -0.4 is 5.73 Å². The van der Waals surface area contributed by atoms with Gasteiger partial charge in [0.1, 0.15) is 24.1 Å². The Kier molecular flexibility index (Phi) is 2.82. The predicted octanol–water partition coefficient (Wildman–Crippen LogP) is 1.77. The maximum atomic E-state index is 14.3. The van der Waals surface area contributed by atoms with Gasteiger partial charge < -0.3 is 10.5 Å². The first-order valence-corrected chi connectivity index (χ1v) is 6.11. The highest BCUT2D eigenvalue weighted by Crippen LogP contribution is 2.54. The first kappa shape index (κ1) is 13.7. The number of aliphatic imine (C=N–C) groups is 1. The third kappa shape index (κ3) is 1.83. The summed E-state index contributed by atoms with van der Waals surface area (Å²) in [5.41, 5.74) is 1.81. The summed E-state index contributed by atoms with van der Waals surface area (Å²) < 4.78 is 47.1. The van der Waals surface area contributed by atoms with E-state index in [2.05, 4.69) is 4.99 Å². The first-order valence-electron chi connectivity index (χ1n) is 6.11. The van der Waals surface area contributed by atoms with E-state index in [0.29, 0.717) is 12.5 Å². The lowest BCUT2D eigenvalue weighted by atomic mass is 9.85. The van der Waals surface area contributed by atoms with Crippen molar-refractivity contribution in [2.24, 2.45) is 16.6 Å². The number of nitro benzene ring substituents is 1. The monoisotopic (exact) mass is 301 g/mol. The van der Waals surface area contributed by atoms with Gasteiger partial charge in [-0.25, -0.2) is 13.8 Å². The summed E-state index contributed by atoms with van der Waals surface area (Å²) >= 11 is 0. The van der Waals surface area contributed by atoms with Gasteiger partial charge in [-0.05, 0) is 12.5 Å². The van der Waals surface area contributed by atoms with Crippen molar-refractivity contribution in [2.45, 2.75) is 18.1 Å². The van der Waals surface area contributed by atoms with Crippen LogP contribution in [0.15, 0.2) is 17.1 Å². The van der Waals surface area contributed by atoms with Gasteiger partial charge in [0.2, 0.25) is 5.82 Å². The number of rotatable bonds is 3. The molecule has 1 heterocycles. The van der Waals surface area contributed by atoms with Crippen LogP contribution in [0.5, 0.6) is 0 Å². The summed E-state index contributed by atoms with van der Waals surface area (Å²) in [6.07, 6.45) is -0.147. The minimum absolute atomic E-state index is 0.329.